The molecule has 168 valence electrons. The van der Waals surface area contributed by atoms with Crippen molar-refractivity contribution in [2.75, 3.05) is 44.7 Å². The lowest BCUT2D eigenvalue weighted by molar-refractivity contribution is 0.0376. The number of rotatable bonds is 8. The number of sulfonamides is 1. The topological polar surface area (TPSA) is 101 Å². The summed E-state index contributed by atoms with van der Waals surface area (Å²) in [4.78, 5) is 19.4. The number of para-hydroxylation sites is 1. The zero-order valence-corrected chi connectivity index (χ0v) is 18.5. The molecule has 1 aliphatic heterocycles. The number of carbonyl (C=O) groups excluding carboxylic acids is 1. The zero-order valence-electron chi connectivity index (χ0n) is 17.7. The van der Waals surface area contributed by atoms with Gasteiger partial charge in [0.2, 0.25) is 10.0 Å². The van der Waals surface area contributed by atoms with Crippen molar-refractivity contribution in [3.8, 4) is 0 Å². The molecule has 0 spiro atoms. The van der Waals surface area contributed by atoms with Gasteiger partial charge in [-0.3, -0.25) is 14.7 Å². The Labute approximate surface area is 187 Å². The summed E-state index contributed by atoms with van der Waals surface area (Å²) in [7, 11) is -3.61. The van der Waals surface area contributed by atoms with Crippen molar-refractivity contribution in [3.63, 3.8) is 0 Å². The first kappa shape index (κ1) is 22.3. The Bertz CT molecular complexity index is 1170. The second kappa shape index (κ2) is 10.2. The smallest absolute Gasteiger partial charge is 0.257 e. The first-order valence-electron chi connectivity index (χ1n) is 10.6. The SMILES string of the molecule is O=C(Nc1ccc(S(=O)(=O)NCCCN2CCOCC2)cc1)c1cccc2cccnc12. The fourth-order valence-electron chi connectivity index (χ4n) is 3.62. The van der Waals surface area contributed by atoms with Crippen molar-refractivity contribution >= 4 is 32.5 Å². The van der Waals surface area contributed by atoms with Gasteiger partial charge >= 0.3 is 0 Å². The fraction of sp³-hybridized carbons (Fsp3) is 0.304. The van der Waals surface area contributed by atoms with Gasteiger partial charge in [-0.2, -0.15) is 0 Å². The third kappa shape index (κ3) is 5.49. The molecule has 0 radical (unpaired) electrons. The molecule has 1 saturated heterocycles. The number of fused-ring (bicyclic) bond motifs is 1. The van der Waals surface area contributed by atoms with Gasteiger partial charge in [0.25, 0.3) is 5.91 Å². The van der Waals surface area contributed by atoms with Crippen LogP contribution < -0.4 is 10.0 Å². The van der Waals surface area contributed by atoms with Crippen molar-refractivity contribution in [1.29, 1.82) is 0 Å². The minimum Gasteiger partial charge on any atom is -0.379 e. The van der Waals surface area contributed by atoms with E-state index >= 15 is 0 Å². The largest absolute Gasteiger partial charge is 0.379 e. The van der Waals surface area contributed by atoms with Gasteiger partial charge in [0.1, 0.15) is 0 Å². The molecule has 32 heavy (non-hydrogen) atoms. The number of nitrogens with one attached hydrogen (secondary N) is 2. The molecule has 1 fully saturated rings. The monoisotopic (exact) mass is 454 g/mol. The lowest BCUT2D eigenvalue weighted by Crippen LogP contribution is -2.38. The molecule has 3 aromatic rings. The summed E-state index contributed by atoms with van der Waals surface area (Å²) < 4.78 is 33.0. The fourth-order valence-corrected chi connectivity index (χ4v) is 4.69. The van der Waals surface area contributed by atoms with Gasteiger partial charge in [-0.05, 0) is 49.4 Å². The maximum absolute atomic E-state index is 12.7. The maximum Gasteiger partial charge on any atom is 0.257 e. The second-order valence-electron chi connectivity index (χ2n) is 7.56. The molecule has 0 bridgehead atoms. The number of nitrogens with zero attached hydrogens (tertiary/aromatic N) is 2. The third-order valence-corrected chi connectivity index (χ3v) is 6.82. The van der Waals surface area contributed by atoms with Gasteiger partial charge in [0.05, 0.1) is 29.2 Å². The van der Waals surface area contributed by atoms with Crippen LogP contribution >= 0.6 is 0 Å². The zero-order chi connectivity index (χ0) is 22.4. The molecule has 2 aromatic carbocycles. The van der Waals surface area contributed by atoms with Gasteiger partial charge in [-0.15, -0.1) is 0 Å². The number of hydrogen-bond acceptors (Lipinski definition) is 6. The average molecular weight is 455 g/mol. The first-order valence-corrected chi connectivity index (χ1v) is 12.1. The van der Waals surface area contributed by atoms with E-state index in [4.69, 9.17) is 4.74 Å². The Balaban J connectivity index is 1.34. The number of benzene rings is 2. The maximum atomic E-state index is 12.7. The Hall–Kier alpha value is -2.85. The summed E-state index contributed by atoms with van der Waals surface area (Å²) in [6, 6.07) is 15.3. The predicted molar refractivity (Wildman–Crippen MR) is 123 cm³/mol. The molecule has 2 heterocycles. The van der Waals surface area contributed by atoms with Gasteiger partial charge in [-0.1, -0.05) is 18.2 Å². The summed E-state index contributed by atoms with van der Waals surface area (Å²) in [5.41, 5.74) is 1.59. The second-order valence-corrected chi connectivity index (χ2v) is 9.33. The number of hydrogen-bond donors (Lipinski definition) is 2. The van der Waals surface area contributed by atoms with Gasteiger partial charge < -0.3 is 10.1 Å². The number of amides is 1. The molecule has 8 nitrogen and oxygen atoms in total. The van der Waals surface area contributed by atoms with E-state index in [1.165, 1.54) is 12.1 Å². The number of aromatic nitrogens is 1. The Morgan fingerprint density at radius 1 is 1.03 bits per heavy atom. The normalized spacial score (nSPS) is 15.0. The van der Waals surface area contributed by atoms with E-state index in [9.17, 15) is 13.2 Å². The van der Waals surface area contributed by atoms with Crippen LogP contribution in [0.4, 0.5) is 5.69 Å². The highest BCUT2D eigenvalue weighted by Gasteiger charge is 2.16. The molecule has 1 aliphatic rings. The summed E-state index contributed by atoms with van der Waals surface area (Å²) in [6.45, 7) is 4.42. The van der Waals surface area contributed by atoms with Crippen molar-refractivity contribution in [2.45, 2.75) is 11.3 Å². The lowest BCUT2D eigenvalue weighted by atomic mass is 10.1. The van der Waals surface area contributed by atoms with Crippen molar-refractivity contribution in [1.82, 2.24) is 14.6 Å². The van der Waals surface area contributed by atoms with E-state index in [1.807, 2.05) is 18.2 Å². The van der Waals surface area contributed by atoms with Crippen LogP contribution in [-0.2, 0) is 14.8 Å². The number of ether oxygens (including phenoxy) is 1. The van der Waals surface area contributed by atoms with E-state index in [0.29, 0.717) is 23.3 Å². The highest BCUT2D eigenvalue weighted by molar-refractivity contribution is 7.89. The first-order chi connectivity index (χ1) is 15.5. The van der Waals surface area contributed by atoms with Crippen LogP contribution in [0.2, 0.25) is 0 Å². The number of anilines is 1. The van der Waals surface area contributed by atoms with Crippen LogP contribution in [0.15, 0.2) is 65.7 Å². The highest BCUT2D eigenvalue weighted by atomic mass is 32.2. The molecule has 1 aromatic heterocycles. The van der Waals surface area contributed by atoms with Crippen molar-refractivity contribution < 1.29 is 17.9 Å². The average Bonchev–Trinajstić information content (AvgIpc) is 2.82. The molecule has 0 aliphatic carbocycles. The van der Waals surface area contributed by atoms with Crippen LogP contribution in [0.1, 0.15) is 16.8 Å². The quantitative estimate of drug-likeness (QED) is 0.507. The molecule has 2 N–H and O–H groups in total. The van der Waals surface area contributed by atoms with E-state index in [2.05, 4.69) is 19.9 Å². The van der Waals surface area contributed by atoms with Crippen LogP contribution in [0.25, 0.3) is 10.9 Å². The Morgan fingerprint density at radius 2 is 1.78 bits per heavy atom. The summed E-state index contributed by atoms with van der Waals surface area (Å²) in [6.07, 6.45) is 2.37. The van der Waals surface area contributed by atoms with E-state index in [1.54, 1.807) is 30.5 Å². The molecule has 0 unspecified atom stereocenters. The van der Waals surface area contributed by atoms with Crippen LogP contribution in [0.3, 0.4) is 0 Å². The molecular formula is C23H26N4O4S. The number of morpholine rings is 1. The lowest BCUT2D eigenvalue weighted by Gasteiger charge is -2.26. The molecule has 0 saturated carbocycles. The summed E-state index contributed by atoms with van der Waals surface area (Å²) in [5.74, 6) is -0.300. The van der Waals surface area contributed by atoms with Gasteiger partial charge in [-0.25, -0.2) is 13.1 Å². The van der Waals surface area contributed by atoms with Gasteiger partial charge in [0.15, 0.2) is 0 Å². The van der Waals surface area contributed by atoms with Crippen LogP contribution in [0, 0.1) is 0 Å². The Morgan fingerprint density at radius 3 is 2.56 bits per heavy atom. The number of carbonyl (C=O) groups is 1. The third-order valence-electron chi connectivity index (χ3n) is 5.35. The highest BCUT2D eigenvalue weighted by Crippen LogP contribution is 2.19. The minimum absolute atomic E-state index is 0.161. The van der Waals surface area contributed by atoms with Crippen LogP contribution in [0.5, 0.6) is 0 Å². The summed E-state index contributed by atoms with van der Waals surface area (Å²) in [5, 5.41) is 3.68. The van der Waals surface area contributed by atoms with Crippen molar-refractivity contribution in [3.05, 3.63) is 66.4 Å². The molecule has 0 atom stereocenters. The van der Waals surface area contributed by atoms with Gasteiger partial charge in [0, 0.05) is 36.9 Å². The van der Waals surface area contributed by atoms with E-state index in [0.717, 1.165) is 44.7 Å². The molecule has 1 amide bonds. The summed E-state index contributed by atoms with van der Waals surface area (Å²) >= 11 is 0. The van der Waals surface area contributed by atoms with E-state index < -0.39 is 10.0 Å². The Kier molecular flexibility index (Phi) is 7.11. The molecular weight excluding hydrogens is 428 g/mol. The standard InChI is InChI=1S/C23H26N4O4S/c28-23(21-6-1-4-18-5-2-11-24-22(18)21)26-19-7-9-20(10-8-19)32(29,30)25-12-3-13-27-14-16-31-17-15-27/h1-2,4-11,25H,3,12-17H2,(H,26,28). The minimum atomic E-state index is -3.61. The van der Waals surface area contributed by atoms with E-state index in [-0.39, 0.29) is 10.8 Å². The van der Waals surface area contributed by atoms with Crippen LogP contribution in [-0.4, -0.2) is 63.6 Å². The number of pyridine rings is 1. The molecule has 4 rings (SSSR count). The molecule has 9 heteroatoms. The van der Waals surface area contributed by atoms with Crippen molar-refractivity contribution in [2.24, 2.45) is 0 Å². The predicted octanol–water partition coefficient (Wildman–Crippen LogP) is 2.49.